The molecule has 1 aromatic carbocycles. The number of hydrogen-bond acceptors (Lipinski definition) is 1. The molecule has 0 atom stereocenters. The summed E-state index contributed by atoms with van der Waals surface area (Å²) in [6.45, 7) is 4.09. The third kappa shape index (κ3) is 2.51. The average Bonchev–Trinajstić information content (AvgIpc) is 2.05. The molecule has 2 nitrogen and oxygen atoms in total. The lowest BCUT2D eigenvalue weighted by atomic mass is 10.2. The van der Waals surface area contributed by atoms with E-state index in [0.717, 1.165) is 5.56 Å². The summed E-state index contributed by atoms with van der Waals surface area (Å²) in [6.07, 6.45) is 0. The molecule has 1 radical (unpaired) electrons. The quantitative estimate of drug-likeness (QED) is 0.686. The molecule has 0 heterocycles. The van der Waals surface area contributed by atoms with Gasteiger partial charge in [0.05, 0.1) is 0 Å². The van der Waals surface area contributed by atoms with Gasteiger partial charge in [-0.3, -0.25) is 4.79 Å². The summed E-state index contributed by atoms with van der Waals surface area (Å²) in [4.78, 5) is 14.3. The van der Waals surface area contributed by atoms with Crippen molar-refractivity contribution in [3.05, 3.63) is 35.9 Å². The first-order valence-corrected chi connectivity index (χ1v) is 6.36. The highest BCUT2D eigenvalue weighted by molar-refractivity contribution is 6.56. The van der Waals surface area contributed by atoms with E-state index in [9.17, 15) is 4.79 Å². The Kier molecular flexibility index (Phi) is 3.05. The summed E-state index contributed by atoms with van der Waals surface area (Å²) < 4.78 is 0. The van der Waals surface area contributed by atoms with Crippen LogP contribution in [-0.4, -0.2) is 14.9 Å². The van der Waals surface area contributed by atoms with Crippen LogP contribution in [0, 0.1) is 0 Å². The zero-order valence-electron chi connectivity index (χ0n) is 7.29. The van der Waals surface area contributed by atoms with Crippen LogP contribution in [0.15, 0.2) is 30.3 Å². The summed E-state index contributed by atoms with van der Waals surface area (Å²) in [7, 11) is -0.680. The molecule has 1 rings (SSSR count). The smallest absolute Gasteiger partial charge is 0.243 e. The Morgan fingerprint density at radius 3 is 2.33 bits per heavy atom. The molecule has 0 saturated heterocycles. The van der Waals surface area contributed by atoms with Gasteiger partial charge in [0.25, 0.3) is 0 Å². The molecule has 0 bridgehead atoms. The number of benzene rings is 1. The SMILES string of the molecule is C[Si](C)NC(=O)c1ccccc1. The molecule has 0 aromatic heterocycles. The van der Waals surface area contributed by atoms with Crippen molar-refractivity contribution >= 4 is 14.9 Å². The van der Waals surface area contributed by atoms with Crippen LogP contribution in [0.4, 0.5) is 0 Å². The van der Waals surface area contributed by atoms with Crippen molar-refractivity contribution in [2.24, 2.45) is 0 Å². The molecule has 0 fully saturated rings. The van der Waals surface area contributed by atoms with Crippen LogP contribution in [-0.2, 0) is 0 Å². The Labute approximate surface area is 74.3 Å². The molecule has 0 saturated carbocycles. The van der Waals surface area contributed by atoms with Gasteiger partial charge < -0.3 is 4.98 Å². The summed E-state index contributed by atoms with van der Waals surface area (Å²) >= 11 is 0. The molecule has 63 valence electrons. The third-order valence-electron chi connectivity index (χ3n) is 1.40. The largest absolute Gasteiger partial charge is 0.378 e. The van der Waals surface area contributed by atoms with Gasteiger partial charge in [-0.2, -0.15) is 0 Å². The van der Waals surface area contributed by atoms with E-state index in [-0.39, 0.29) is 5.91 Å². The minimum atomic E-state index is -0.680. The van der Waals surface area contributed by atoms with E-state index in [2.05, 4.69) is 4.98 Å². The standard InChI is InChI=1S/C9H12NOSi/c1-12(2)10-9(11)8-6-4-3-5-7-8/h3-7H,1-2H3,(H,10,11). The number of hydrogen-bond donors (Lipinski definition) is 1. The van der Waals surface area contributed by atoms with Gasteiger partial charge in [-0.1, -0.05) is 31.3 Å². The van der Waals surface area contributed by atoms with Gasteiger partial charge in [0.2, 0.25) is 5.91 Å². The highest BCUT2D eigenvalue weighted by Crippen LogP contribution is 1.97. The van der Waals surface area contributed by atoms with E-state index >= 15 is 0 Å². The number of nitrogens with one attached hydrogen (secondary N) is 1. The first kappa shape index (κ1) is 9.00. The van der Waals surface area contributed by atoms with E-state index in [0.29, 0.717) is 0 Å². The summed E-state index contributed by atoms with van der Waals surface area (Å²) in [5.41, 5.74) is 0.740. The van der Waals surface area contributed by atoms with E-state index in [1.54, 1.807) is 0 Å². The summed E-state index contributed by atoms with van der Waals surface area (Å²) in [5.74, 6) is 0.0366. The highest BCUT2D eigenvalue weighted by atomic mass is 28.3. The van der Waals surface area contributed by atoms with Crippen molar-refractivity contribution in [1.29, 1.82) is 0 Å². The van der Waals surface area contributed by atoms with Crippen LogP contribution in [0.3, 0.4) is 0 Å². The molecule has 0 unspecified atom stereocenters. The maximum atomic E-state index is 11.4. The zero-order valence-corrected chi connectivity index (χ0v) is 8.29. The van der Waals surface area contributed by atoms with Crippen LogP contribution >= 0.6 is 0 Å². The van der Waals surface area contributed by atoms with Crippen LogP contribution in [0.2, 0.25) is 13.1 Å². The van der Waals surface area contributed by atoms with Gasteiger partial charge in [-0.15, -0.1) is 0 Å². The van der Waals surface area contributed by atoms with E-state index in [1.807, 2.05) is 43.4 Å². The van der Waals surface area contributed by atoms with Gasteiger partial charge in [0.15, 0.2) is 8.96 Å². The molecule has 3 heteroatoms. The van der Waals surface area contributed by atoms with Crippen LogP contribution in [0.25, 0.3) is 0 Å². The Bertz CT molecular complexity index is 258. The van der Waals surface area contributed by atoms with Crippen molar-refractivity contribution in [2.75, 3.05) is 0 Å². The molecule has 0 aliphatic carbocycles. The normalized spacial score (nSPS) is 9.92. The molecule has 0 aliphatic rings. The molecular formula is C9H12NOSi. The topological polar surface area (TPSA) is 29.1 Å². The highest BCUT2D eigenvalue weighted by Gasteiger charge is 2.05. The second-order valence-corrected chi connectivity index (χ2v) is 5.07. The van der Waals surface area contributed by atoms with Crippen LogP contribution in [0.1, 0.15) is 10.4 Å². The second-order valence-electron chi connectivity index (χ2n) is 2.82. The van der Waals surface area contributed by atoms with E-state index < -0.39 is 8.96 Å². The molecule has 0 aliphatic heterocycles. The minimum Gasteiger partial charge on any atom is -0.378 e. The van der Waals surface area contributed by atoms with Gasteiger partial charge >= 0.3 is 0 Å². The minimum absolute atomic E-state index is 0.0366. The molecule has 0 spiro atoms. The predicted octanol–water partition coefficient (Wildman–Crippen LogP) is 1.67. The van der Waals surface area contributed by atoms with Crippen molar-refractivity contribution < 1.29 is 4.79 Å². The fraction of sp³-hybridized carbons (Fsp3) is 0.222. The Balaban J connectivity index is 2.66. The molecule has 1 N–H and O–H groups in total. The molecule has 1 aromatic rings. The van der Waals surface area contributed by atoms with Crippen molar-refractivity contribution in [2.45, 2.75) is 13.1 Å². The van der Waals surface area contributed by atoms with E-state index in [1.165, 1.54) is 0 Å². The molecule has 12 heavy (non-hydrogen) atoms. The average molecular weight is 178 g/mol. The van der Waals surface area contributed by atoms with Gasteiger partial charge in [-0.25, -0.2) is 0 Å². The number of rotatable bonds is 2. The maximum Gasteiger partial charge on any atom is 0.243 e. The van der Waals surface area contributed by atoms with Crippen molar-refractivity contribution in [1.82, 2.24) is 4.98 Å². The lowest BCUT2D eigenvalue weighted by Crippen LogP contribution is -2.33. The second kappa shape index (κ2) is 4.06. The number of carbonyl (C=O) groups excluding carboxylic acids is 1. The first-order chi connectivity index (χ1) is 5.70. The lowest BCUT2D eigenvalue weighted by Gasteiger charge is -2.05. The molecule has 1 amide bonds. The van der Waals surface area contributed by atoms with Gasteiger partial charge in [0, 0.05) is 5.56 Å². The van der Waals surface area contributed by atoms with E-state index in [4.69, 9.17) is 0 Å². The fourth-order valence-electron chi connectivity index (χ4n) is 0.889. The Hall–Kier alpha value is -1.09. The summed E-state index contributed by atoms with van der Waals surface area (Å²) in [6, 6.07) is 9.28. The van der Waals surface area contributed by atoms with Gasteiger partial charge in [-0.05, 0) is 12.1 Å². The maximum absolute atomic E-state index is 11.4. The van der Waals surface area contributed by atoms with Crippen LogP contribution < -0.4 is 4.98 Å². The Morgan fingerprint density at radius 1 is 1.25 bits per heavy atom. The predicted molar refractivity (Wildman–Crippen MR) is 51.4 cm³/mol. The Morgan fingerprint density at radius 2 is 1.83 bits per heavy atom. The zero-order chi connectivity index (χ0) is 8.97. The van der Waals surface area contributed by atoms with Crippen molar-refractivity contribution in [3.63, 3.8) is 0 Å². The lowest BCUT2D eigenvalue weighted by molar-refractivity contribution is 0.0979. The number of carbonyl (C=O) groups is 1. The third-order valence-corrected chi connectivity index (χ3v) is 2.13. The monoisotopic (exact) mass is 178 g/mol. The summed E-state index contributed by atoms with van der Waals surface area (Å²) in [5, 5.41) is 0. The number of amides is 1. The van der Waals surface area contributed by atoms with Gasteiger partial charge in [0.1, 0.15) is 0 Å². The van der Waals surface area contributed by atoms with Crippen molar-refractivity contribution in [3.8, 4) is 0 Å². The molecular weight excluding hydrogens is 166 g/mol. The fourth-order valence-corrected chi connectivity index (χ4v) is 1.49. The first-order valence-electron chi connectivity index (χ1n) is 3.86. The van der Waals surface area contributed by atoms with Crippen LogP contribution in [0.5, 0.6) is 0 Å².